The Balaban J connectivity index is 1.94. The maximum atomic E-state index is 3.83. The number of halogens is 1. The van der Waals surface area contributed by atoms with E-state index in [0.29, 0.717) is 4.83 Å². The highest BCUT2D eigenvalue weighted by Gasteiger charge is 2.16. The molecule has 1 aromatic heterocycles. The Labute approximate surface area is 115 Å². The van der Waals surface area contributed by atoms with Crippen LogP contribution in [-0.4, -0.2) is 0 Å². The minimum atomic E-state index is 0.354. The third-order valence-electron chi connectivity index (χ3n) is 3.43. The van der Waals surface area contributed by atoms with Gasteiger partial charge < -0.3 is 0 Å². The second kappa shape index (κ2) is 4.58. The molecule has 0 saturated heterocycles. The Bertz CT molecular complexity index is 542. The largest absolute Gasteiger partial charge is 0.144 e. The lowest BCUT2D eigenvalue weighted by molar-refractivity contribution is 0.911. The van der Waals surface area contributed by atoms with Crippen molar-refractivity contribution >= 4 is 27.3 Å². The maximum Gasteiger partial charge on any atom is 0.0738 e. The van der Waals surface area contributed by atoms with E-state index in [9.17, 15) is 0 Å². The SMILES string of the molecule is Cc1ccc(C(Br)c2ccc3c(c2)CCC3)s1. The van der Waals surface area contributed by atoms with Crippen LogP contribution in [0.2, 0.25) is 0 Å². The fourth-order valence-electron chi connectivity index (χ4n) is 2.50. The highest BCUT2D eigenvalue weighted by molar-refractivity contribution is 9.09. The van der Waals surface area contributed by atoms with E-state index in [1.165, 1.54) is 34.6 Å². The molecule has 3 rings (SSSR count). The van der Waals surface area contributed by atoms with Crippen LogP contribution in [0.3, 0.4) is 0 Å². The van der Waals surface area contributed by atoms with Crippen LogP contribution in [0.15, 0.2) is 30.3 Å². The summed E-state index contributed by atoms with van der Waals surface area (Å²) < 4.78 is 0. The molecule has 0 aliphatic heterocycles. The standard InChI is InChI=1S/C15H15BrS/c1-10-5-8-14(17-10)15(16)13-7-6-11-3-2-4-12(11)9-13/h5-9,15H,2-4H2,1H3. The average Bonchev–Trinajstić information content (AvgIpc) is 2.95. The van der Waals surface area contributed by atoms with Crippen molar-refractivity contribution in [3.63, 3.8) is 0 Å². The number of hydrogen-bond acceptors (Lipinski definition) is 1. The summed E-state index contributed by atoms with van der Waals surface area (Å²) in [6, 6.07) is 11.4. The predicted molar refractivity (Wildman–Crippen MR) is 78.3 cm³/mol. The molecule has 2 heteroatoms. The number of hydrogen-bond donors (Lipinski definition) is 0. The molecule has 1 aliphatic carbocycles. The Kier molecular flexibility index (Phi) is 3.10. The van der Waals surface area contributed by atoms with Gasteiger partial charge in [0, 0.05) is 9.75 Å². The number of thiophene rings is 1. The molecule has 88 valence electrons. The Morgan fingerprint density at radius 3 is 2.71 bits per heavy atom. The molecule has 1 aliphatic rings. The van der Waals surface area contributed by atoms with Gasteiger partial charge in [-0.15, -0.1) is 11.3 Å². The topological polar surface area (TPSA) is 0 Å². The molecule has 0 radical (unpaired) electrons. The lowest BCUT2D eigenvalue weighted by atomic mass is 10.0. The van der Waals surface area contributed by atoms with Crippen molar-refractivity contribution in [3.8, 4) is 0 Å². The van der Waals surface area contributed by atoms with E-state index in [4.69, 9.17) is 0 Å². The first-order chi connectivity index (χ1) is 8.24. The molecule has 0 saturated carbocycles. The molecular formula is C15H15BrS. The van der Waals surface area contributed by atoms with E-state index in [-0.39, 0.29) is 0 Å². The van der Waals surface area contributed by atoms with Crippen molar-refractivity contribution in [2.24, 2.45) is 0 Å². The molecular weight excluding hydrogens is 292 g/mol. The van der Waals surface area contributed by atoms with Crippen LogP contribution in [0.5, 0.6) is 0 Å². The van der Waals surface area contributed by atoms with Crippen molar-refractivity contribution in [3.05, 3.63) is 56.8 Å². The van der Waals surface area contributed by atoms with Gasteiger partial charge in [-0.05, 0) is 55.0 Å². The Morgan fingerprint density at radius 1 is 1.12 bits per heavy atom. The first-order valence-corrected chi connectivity index (χ1v) is 7.79. The summed E-state index contributed by atoms with van der Waals surface area (Å²) in [5, 5.41) is 0. The summed E-state index contributed by atoms with van der Waals surface area (Å²) in [6.45, 7) is 2.16. The van der Waals surface area contributed by atoms with E-state index < -0.39 is 0 Å². The third-order valence-corrected chi connectivity index (χ3v) is 5.82. The van der Waals surface area contributed by atoms with Crippen LogP contribution in [0.25, 0.3) is 0 Å². The lowest BCUT2D eigenvalue weighted by Gasteiger charge is -2.10. The molecule has 17 heavy (non-hydrogen) atoms. The lowest BCUT2D eigenvalue weighted by Crippen LogP contribution is -1.92. The van der Waals surface area contributed by atoms with Crippen molar-refractivity contribution in [2.75, 3.05) is 0 Å². The first-order valence-electron chi connectivity index (χ1n) is 6.06. The van der Waals surface area contributed by atoms with Gasteiger partial charge in [-0.3, -0.25) is 0 Å². The van der Waals surface area contributed by atoms with Crippen molar-refractivity contribution in [1.82, 2.24) is 0 Å². The predicted octanol–water partition coefficient (Wildman–Crippen LogP) is 5.03. The van der Waals surface area contributed by atoms with Gasteiger partial charge in [-0.1, -0.05) is 34.1 Å². The summed E-state index contributed by atoms with van der Waals surface area (Å²) in [7, 11) is 0. The van der Waals surface area contributed by atoms with Crippen LogP contribution in [0, 0.1) is 6.92 Å². The van der Waals surface area contributed by atoms with Crippen LogP contribution in [-0.2, 0) is 12.8 Å². The molecule has 0 spiro atoms. The summed E-state index contributed by atoms with van der Waals surface area (Å²) in [5.41, 5.74) is 4.50. The van der Waals surface area contributed by atoms with E-state index in [0.717, 1.165) is 0 Å². The van der Waals surface area contributed by atoms with Gasteiger partial charge in [0.25, 0.3) is 0 Å². The summed E-state index contributed by atoms with van der Waals surface area (Å²) in [6.07, 6.45) is 3.84. The molecule has 0 amide bonds. The average molecular weight is 307 g/mol. The molecule has 1 unspecified atom stereocenters. The zero-order chi connectivity index (χ0) is 11.8. The van der Waals surface area contributed by atoms with Crippen LogP contribution in [0.1, 0.15) is 37.7 Å². The first kappa shape index (κ1) is 11.5. The van der Waals surface area contributed by atoms with Gasteiger partial charge in [-0.2, -0.15) is 0 Å². The van der Waals surface area contributed by atoms with E-state index in [1.54, 1.807) is 11.1 Å². The molecule has 1 atom stereocenters. The summed E-state index contributed by atoms with van der Waals surface area (Å²) >= 11 is 5.70. The molecule has 1 heterocycles. The van der Waals surface area contributed by atoms with Gasteiger partial charge >= 0.3 is 0 Å². The van der Waals surface area contributed by atoms with Crippen molar-refractivity contribution in [1.29, 1.82) is 0 Å². The second-order valence-electron chi connectivity index (χ2n) is 4.69. The maximum absolute atomic E-state index is 3.83. The highest BCUT2D eigenvalue weighted by atomic mass is 79.9. The number of rotatable bonds is 2. The van der Waals surface area contributed by atoms with Gasteiger partial charge in [0.15, 0.2) is 0 Å². The highest BCUT2D eigenvalue weighted by Crippen LogP contribution is 2.36. The zero-order valence-electron chi connectivity index (χ0n) is 9.87. The molecule has 1 aromatic carbocycles. The zero-order valence-corrected chi connectivity index (χ0v) is 12.3. The van der Waals surface area contributed by atoms with Crippen LogP contribution >= 0.6 is 27.3 Å². The Morgan fingerprint density at radius 2 is 1.94 bits per heavy atom. The summed E-state index contributed by atoms with van der Waals surface area (Å²) in [4.78, 5) is 3.14. The molecule has 0 bridgehead atoms. The van der Waals surface area contributed by atoms with Crippen LogP contribution < -0.4 is 0 Å². The minimum Gasteiger partial charge on any atom is -0.144 e. The van der Waals surface area contributed by atoms with E-state index in [1.807, 2.05) is 11.3 Å². The quantitative estimate of drug-likeness (QED) is 0.683. The molecule has 2 aromatic rings. The monoisotopic (exact) mass is 306 g/mol. The van der Waals surface area contributed by atoms with Gasteiger partial charge in [-0.25, -0.2) is 0 Å². The molecule has 0 nitrogen and oxygen atoms in total. The smallest absolute Gasteiger partial charge is 0.0738 e. The van der Waals surface area contributed by atoms with Crippen LogP contribution in [0.4, 0.5) is 0 Å². The van der Waals surface area contributed by atoms with Gasteiger partial charge in [0.2, 0.25) is 0 Å². The summed E-state index contributed by atoms with van der Waals surface area (Å²) in [5.74, 6) is 0. The van der Waals surface area contributed by atoms with E-state index >= 15 is 0 Å². The van der Waals surface area contributed by atoms with Gasteiger partial charge in [0.05, 0.1) is 4.83 Å². The van der Waals surface area contributed by atoms with Crippen molar-refractivity contribution in [2.45, 2.75) is 31.0 Å². The van der Waals surface area contributed by atoms with Crippen molar-refractivity contribution < 1.29 is 0 Å². The number of aryl methyl sites for hydroxylation is 3. The number of alkyl halides is 1. The number of benzene rings is 1. The normalized spacial score (nSPS) is 15.9. The number of fused-ring (bicyclic) bond motifs is 1. The molecule has 0 fully saturated rings. The third kappa shape index (κ3) is 2.21. The van der Waals surface area contributed by atoms with E-state index in [2.05, 4.69) is 53.2 Å². The molecule has 0 N–H and O–H groups in total. The fraction of sp³-hybridized carbons (Fsp3) is 0.333. The Hall–Kier alpha value is -0.600. The fourth-order valence-corrected chi connectivity index (χ4v) is 4.10. The van der Waals surface area contributed by atoms with Gasteiger partial charge in [0.1, 0.15) is 0 Å². The second-order valence-corrected chi connectivity index (χ2v) is 6.93. The minimum absolute atomic E-state index is 0.354.